The number of aliphatic hydroxyl groups excluding tert-OH is 1. The third kappa shape index (κ3) is 4.14. The number of aliphatic hydroxyl groups is 1. The van der Waals surface area contributed by atoms with Gasteiger partial charge in [-0.2, -0.15) is 0 Å². The summed E-state index contributed by atoms with van der Waals surface area (Å²) in [7, 11) is 0. The Morgan fingerprint density at radius 2 is 2.28 bits per heavy atom. The highest BCUT2D eigenvalue weighted by molar-refractivity contribution is 5.69. The van der Waals surface area contributed by atoms with Crippen LogP contribution in [0.1, 0.15) is 57.9 Å². The summed E-state index contributed by atoms with van der Waals surface area (Å²) in [4.78, 5) is 15.4. The van der Waals surface area contributed by atoms with Gasteiger partial charge in [0.2, 0.25) is 0 Å². The van der Waals surface area contributed by atoms with E-state index in [-0.39, 0.29) is 18.4 Å². The maximum atomic E-state index is 11.3. The largest absolute Gasteiger partial charge is 0.466 e. The van der Waals surface area contributed by atoms with Gasteiger partial charge < -0.3 is 14.4 Å². The summed E-state index contributed by atoms with van der Waals surface area (Å²) in [6.45, 7) is 6.43. The fourth-order valence-electron chi connectivity index (χ4n) is 1.69. The van der Waals surface area contributed by atoms with Crippen molar-refractivity contribution in [3.63, 3.8) is 0 Å². The Balaban J connectivity index is 2.47. The van der Waals surface area contributed by atoms with E-state index in [1.54, 1.807) is 12.5 Å². The molecule has 0 aromatic carbocycles. The summed E-state index contributed by atoms with van der Waals surface area (Å²) in [5.41, 5.74) is 0.744. The molecule has 0 saturated carbocycles. The molecule has 0 aliphatic heterocycles. The second-order valence-corrected chi connectivity index (χ2v) is 4.59. The number of esters is 1. The van der Waals surface area contributed by atoms with E-state index in [0.29, 0.717) is 13.0 Å². The second-order valence-electron chi connectivity index (χ2n) is 4.59. The second kappa shape index (κ2) is 7.16. The molecule has 0 amide bonds. The number of imidazole rings is 1. The Morgan fingerprint density at radius 3 is 2.89 bits per heavy atom. The average Bonchev–Trinajstić information content (AvgIpc) is 2.82. The van der Waals surface area contributed by atoms with Crippen LogP contribution in [0.2, 0.25) is 0 Å². The van der Waals surface area contributed by atoms with Crippen LogP contribution in [0.15, 0.2) is 12.5 Å². The molecule has 1 aromatic heterocycles. The summed E-state index contributed by atoms with van der Waals surface area (Å²) in [6, 6.07) is 0.240. The SMILES string of the molecule is CCCOC(=O)CCC(O)c1cncn1C(C)C. The molecule has 0 aliphatic carbocycles. The number of nitrogens with zero attached hydrogens (tertiary/aromatic N) is 2. The van der Waals surface area contributed by atoms with Crippen LogP contribution in [0.25, 0.3) is 0 Å². The summed E-state index contributed by atoms with van der Waals surface area (Å²) < 4.78 is 6.87. The maximum Gasteiger partial charge on any atom is 0.305 e. The average molecular weight is 254 g/mol. The highest BCUT2D eigenvalue weighted by Gasteiger charge is 2.16. The standard InChI is InChI=1S/C13H22N2O3/c1-4-7-18-13(17)6-5-12(16)11-8-14-9-15(11)10(2)3/h8-10,12,16H,4-7H2,1-3H3. The van der Waals surface area contributed by atoms with Crippen molar-refractivity contribution < 1.29 is 14.6 Å². The van der Waals surface area contributed by atoms with Gasteiger partial charge in [0.25, 0.3) is 0 Å². The number of hydrogen-bond acceptors (Lipinski definition) is 4. The first kappa shape index (κ1) is 14.7. The number of carbonyl (C=O) groups excluding carboxylic acids is 1. The Morgan fingerprint density at radius 1 is 1.56 bits per heavy atom. The Kier molecular flexibility index (Phi) is 5.85. The fraction of sp³-hybridized carbons (Fsp3) is 0.692. The van der Waals surface area contributed by atoms with Crippen molar-refractivity contribution in [3.05, 3.63) is 18.2 Å². The predicted molar refractivity (Wildman–Crippen MR) is 68.1 cm³/mol. The van der Waals surface area contributed by atoms with Gasteiger partial charge in [-0.3, -0.25) is 4.79 Å². The molecule has 1 unspecified atom stereocenters. The lowest BCUT2D eigenvalue weighted by molar-refractivity contribution is -0.144. The molecule has 5 nitrogen and oxygen atoms in total. The Labute approximate surface area is 108 Å². The molecule has 18 heavy (non-hydrogen) atoms. The molecule has 0 fully saturated rings. The first-order chi connectivity index (χ1) is 8.56. The maximum absolute atomic E-state index is 11.3. The Hall–Kier alpha value is -1.36. The molecule has 0 radical (unpaired) electrons. The molecule has 0 spiro atoms. The van der Waals surface area contributed by atoms with Gasteiger partial charge in [-0.25, -0.2) is 4.98 Å². The molecule has 5 heteroatoms. The minimum atomic E-state index is -0.677. The van der Waals surface area contributed by atoms with E-state index in [2.05, 4.69) is 4.98 Å². The third-order valence-electron chi connectivity index (χ3n) is 2.68. The summed E-state index contributed by atoms with van der Waals surface area (Å²) in [5.74, 6) is -0.258. The van der Waals surface area contributed by atoms with Gasteiger partial charge in [0.15, 0.2) is 0 Å². The van der Waals surface area contributed by atoms with Crippen molar-refractivity contribution in [2.75, 3.05) is 6.61 Å². The van der Waals surface area contributed by atoms with Crippen LogP contribution in [0.5, 0.6) is 0 Å². The van der Waals surface area contributed by atoms with E-state index in [0.717, 1.165) is 12.1 Å². The molecule has 1 aromatic rings. The number of aromatic nitrogens is 2. The summed E-state index contributed by atoms with van der Waals surface area (Å²) >= 11 is 0. The van der Waals surface area contributed by atoms with E-state index in [9.17, 15) is 9.90 Å². The number of hydrogen-bond donors (Lipinski definition) is 1. The Bertz CT molecular complexity index is 374. The van der Waals surface area contributed by atoms with Crippen LogP contribution in [-0.4, -0.2) is 27.2 Å². The van der Waals surface area contributed by atoms with Gasteiger partial charge in [0.05, 0.1) is 30.9 Å². The van der Waals surface area contributed by atoms with Gasteiger partial charge in [-0.1, -0.05) is 6.92 Å². The van der Waals surface area contributed by atoms with Crippen molar-refractivity contribution in [1.29, 1.82) is 0 Å². The fourth-order valence-corrected chi connectivity index (χ4v) is 1.69. The van der Waals surface area contributed by atoms with E-state index >= 15 is 0 Å². The molecular formula is C13H22N2O3. The lowest BCUT2D eigenvalue weighted by Gasteiger charge is -2.16. The first-order valence-electron chi connectivity index (χ1n) is 6.41. The molecule has 1 atom stereocenters. The van der Waals surface area contributed by atoms with Gasteiger partial charge in [-0.05, 0) is 26.7 Å². The zero-order chi connectivity index (χ0) is 13.5. The van der Waals surface area contributed by atoms with E-state index < -0.39 is 6.10 Å². The highest BCUT2D eigenvalue weighted by atomic mass is 16.5. The van der Waals surface area contributed by atoms with Crippen LogP contribution in [-0.2, 0) is 9.53 Å². The minimum absolute atomic E-state index is 0.227. The summed E-state index contributed by atoms with van der Waals surface area (Å²) in [6.07, 6.45) is 4.06. The molecule has 1 heterocycles. The normalized spacial score (nSPS) is 12.7. The molecule has 1 N–H and O–H groups in total. The van der Waals surface area contributed by atoms with Crippen LogP contribution in [0, 0.1) is 0 Å². The number of rotatable bonds is 7. The topological polar surface area (TPSA) is 64.3 Å². The molecule has 0 saturated heterocycles. The summed E-state index contributed by atoms with van der Waals surface area (Å²) in [5, 5.41) is 10.0. The van der Waals surface area contributed by atoms with E-state index in [1.807, 2.05) is 25.3 Å². The molecule has 1 rings (SSSR count). The van der Waals surface area contributed by atoms with Crippen LogP contribution in [0.3, 0.4) is 0 Å². The van der Waals surface area contributed by atoms with Gasteiger partial charge >= 0.3 is 5.97 Å². The van der Waals surface area contributed by atoms with Gasteiger partial charge in [-0.15, -0.1) is 0 Å². The molecular weight excluding hydrogens is 232 g/mol. The number of carbonyl (C=O) groups is 1. The van der Waals surface area contributed by atoms with Crippen LogP contribution >= 0.6 is 0 Å². The zero-order valence-corrected chi connectivity index (χ0v) is 11.3. The first-order valence-corrected chi connectivity index (χ1v) is 6.41. The quantitative estimate of drug-likeness (QED) is 0.758. The smallest absolute Gasteiger partial charge is 0.305 e. The zero-order valence-electron chi connectivity index (χ0n) is 11.3. The van der Waals surface area contributed by atoms with Crippen LogP contribution < -0.4 is 0 Å². The lowest BCUT2D eigenvalue weighted by atomic mass is 10.1. The van der Waals surface area contributed by atoms with E-state index in [4.69, 9.17) is 4.74 Å². The third-order valence-corrected chi connectivity index (χ3v) is 2.68. The molecule has 0 aliphatic rings. The lowest BCUT2D eigenvalue weighted by Crippen LogP contribution is -2.12. The van der Waals surface area contributed by atoms with Crippen molar-refractivity contribution >= 4 is 5.97 Å². The molecule has 0 bridgehead atoms. The van der Waals surface area contributed by atoms with Crippen molar-refractivity contribution in [3.8, 4) is 0 Å². The minimum Gasteiger partial charge on any atom is -0.466 e. The monoisotopic (exact) mass is 254 g/mol. The van der Waals surface area contributed by atoms with Crippen molar-refractivity contribution in [2.45, 2.75) is 52.2 Å². The highest BCUT2D eigenvalue weighted by Crippen LogP contribution is 2.21. The number of ether oxygens (including phenoxy) is 1. The van der Waals surface area contributed by atoms with Crippen molar-refractivity contribution in [1.82, 2.24) is 9.55 Å². The predicted octanol–water partition coefficient (Wildman–Crippen LogP) is 2.23. The van der Waals surface area contributed by atoms with Gasteiger partial charge in [0, 0.05) is 12.5 Å². The van der Waals surface area contributed by atoms with Crippen LogP contribution in [0.4, 0.5) is 0 Å². The van der Waals surface area contributed by atoms with Gasteiger partial charge in [0.1, 0.15) is 0 Å². The molecule has 102 valence electrons. The van der Waals surface area contributed by atoms with Crippen molar-refractivity contribution in [2.24, 2.45) is 0 Å². The van der Waals surface area contributed by atoms with E-state index in [1.165, 1.54) is 0 Å².